The van der Waals surface area contributed by atoms with Crippen LogP contribution < -0.4 is 0 Å². The van der Waals surface area contributed by atoms with Crippen molar-refractivity contribution in [2.45, 2.75) is 39.9 Å². The van der Waals surface area contributed by atoms with Crippen LogP contribution >= 0.6 is 0 Å². The lowest BCUT2D eigenvalue weighted by molar-refractivity contribution is 0.0796. The van der Waals surface area contributed by atoms with Gasteiger partial charge in [0.1, 0.15) is 17.9 Å². The summed E-state index contributed by atoms with van der Waals surface area (Å²) < 4.78 is 32.3. The summed E-state index contributed by atoms with van der Waals surface area (Å²) in [6, 6.07) is 3.62. The van der Waals surface area contributed by atoms with Crippen LogP contribution in [0.1, 0.15) is 42.7 Å². The van der Waals surface area contributed by atoms with Gasteiger partial charge >= 0.3 is 0 Å². The quantitative estimate of drug-likeness (QED) is 0.767. The van der Waals surface area contributed by atoms with E-state index < -0.39 is 11.6 Å². The maximum absolute atomic E-state index is 13.9. The Morgan fingerprint density at radius 3 is 2.60 bits per heavy atom. The number of carbonyl (C=O) groups excluding carboxylic acids is 1. The van der Waals surface area contributed by atoms with E-state index in [4.69, 9.17) is 4.42 Å². The molecule has 0 N–H and O–H groups in total. The van der Waals surface area contributed by atoms with E-state index in [0.717, 1.165) is 6.07 Å². The Morgan fingerprint density at radius 2 is 2.00 bits per heavy atom. The zero-order valence-corrected chi connectivity index (χ0v) is 14.9. The molecule has 1 amide bonds. The molecule has 2 aromatic rings. The molecule has 0 saturated carbocycles. The third-order valence-corrected chi connectivity index (χ3v) is 4.05. The molecule has 25 heavy (non-hydrogen) atoms. The summed E-state index contributed by atoms with van der Waals surface area (Å²) >= 11 is 0. The number of aromatic nitrogens is 1. The van der Waals surface area contributed by atoms with Crippen molar-refractivity contribution < 1.29 is 18.0 Å². The summed E-state index contributed by atoms with van der Waals surface area (Å²) in [6.45, 7) is 6.96. The molecular weight excluding hydrogens is 328 g/mol. The number of oxazole rings is 1. The SMILES string of the molecule is CCN(C)C(=O)c1coc(CN(Cc2ccc(F)cc2F)C(C)C)n1. The van der Waals surface area contributed by atoms with Crippen molar-refractivity contribution in [1.29, 1.82) is 0 Å². The van der Waals surface area contributed by atoms with Crippen LogP contribution in [0.15, 0.2) is 28.9 Å². The molecule has 0 aliphatic carbocycles. The van der Waals surface area contributed by atoms with Gasteiger partial charge in [0.2, 0.25) is 5.89 Å². The van der Waals surface area contributed by atoms with Crippen LogP contribution in [0, 0.1) is 11.6 Å². The average Bonchev–Trinajstić information content (AvgIpc) is 3.03. The Morgan fingerprint density at radius 1 is 1.28 bits per heavy atom. The van der Waals surface area contributed by atoms with E-state index in [1.165, 1.54) is 23.3 Å². The van der Waals surface area contributed by atoms with Crippen molar-refractivity contribution >= 4 is 5.91 Å². The number of benzene rings is 1. The van der Waals surface area contributed by atoms with Gasteiger partial charge in [-0.05, 0) is 26.8 Å². The van der Waals surface area contributed by atoms with Gasteiger partial charge in [0.15, 0.2) is 5.69 Å². The fourth-order valence-corrected chi connectivity index (χ4v) is 2.28. The van der Waals surface area contributed by atoms with Gasteiger partial charge in [0.25, 0.3) is 5.91 Å². The van der Waals surface area contributed by atoms with E-state index in [1.807, 2.05) is 25.7 Å². The minimum absolute atomic E-state index is 0.0776. The van der Waals surface area contributed by atoms with E-state index in [2.05, 4.69) is 4.98 Å². The highest BCUT2D eigenvalue weighted by atomic mass is 19.1. The standard InChI is InChI=1S/C18H23F2N3O2/c1-5-22(4)18(24)16-11-25-17(21-16)10-23(12(2)3)9-13-6-7-14(19)8-15(13)20/h6-8,11-12H,5,9-10H2,1-4H3. The molecule has 0 atom stereocenters. The first kappa shape index (κ1) is 19.1. The molecule has 5 nitrogen and oxygen atoms in total. The van der Waals surface area contributed by atoms with E-state index in [1.54, 1.807) is 7.05 Å². The van der Waals surface area contributed by atoms with Crippen LogP contribution in [0.4, 0.5) is 8.78 Å². The normalized spacial score (nSPS) is 11.4. The van der Waals surface area contributed by atoms with Gasteiger partial charge in [0, 0.05) is 37.8 Å². The maximum Gasteiger partial charge on any atom is 0.275 e. The number of nitrogens with zero attached hydrogens (tertiary/aromatic N) is 3. The number of hydrogen-bond acceptors (Lipinski definition) is 4. The molecule has 7 heteroatoms. The van der Waals surface area contributed by atoms with Crippen molar-refractivity contribution in [3.8, 4) is 0 Å². The average molecular weight is 351 g/mol. The van der Waals surface area contributed by atoms with E-state index in [9.17, 15) is 13.6 Å². The van der Waals surface area contributed by atoms with Crippen molar-refractivity contribution in [1.82, 2.24) is 14.8 Å². The van der Waals surface area contributed by atoms with Crippen LogP contribution in [0.5, 0.6) is 0 Å². The zero-order chi connectivity index (χ0) is 18.6. The summed E-state index contributed by atoms with van der Waals surface area (Å²) in [7, 11) is 1.69. The predicted octanol–water partition coefficient (Wildman–Crippen LogP) is 3.46. The molecule has 2 rings (SSSR count). The smallest absolute Gasteiger partial charge is 0.275 e. The van der Waals surface area contributed by atoms with Crippen LogP contribution in [0.25, 0.3) is 0 Å². The summed E-state index contributed by atoms with van der Waals surface area (Å²) in [6.07, 6.45) is 1.33. The van der Waals surface area contributed by atoms with Crippen LogP contribution in [-0.4, -0.2) is 40.3 Å². The second-order valence-electron chi connectivity index (χ2n) is 6.18. The molecule has 0 aliphatic heterocycles. The Kier molecular flexibility index (Phi) is 6.25. The molecule has 1 heterocycles. The maximum atomic E-state index is 13.9. The van der Waals surface area contributed by atoms with E-state index >= 15 is 0 Å². The third-order valence-electron chi connectivity index (χ3n) is 4.05. The highest BCUT2D eigenvalue weighted by Gasteiger charge is 2.19. The van der Waals surface area contributed by atoms with Gasteiger partial charge in [0.05, 0.1) is 6.54 Å². The van der Waals surface area contributed by atoms with Gasteiger partial charge in [-0.15, -0.1) is 0 Å². The third kappa shape index (κ3) is 4.85. The molecule has 0 radical (unpaired) electrons. The van der Waals surface area contributed by atoms with Crippen molar-refractivity contribution in [3.05, 3.63) is 53.2 Å². The lowest BCUT2D eigenvalue weighted by Gasteiger charge is -2.25. The van der Waals surface area contributed by atoms with Crippen molar-refractivity contribution in [3.63, 3.8) is 0 Å². The van der Waals surface area contributed by atoms with E-state index in [-0.39, 0.29) is 24.2 Å². The van der Waals surface area contributed by atoms with Gasteiger partial charge in [-0.25, -0.2) is 13.8 Å². The van der Waals surface area contributed by atoms with Crippen LogP contribution in [0.3, 0.4) is 0 Å². The summed E-state index contributed by atoms with van der Waals surface area (Å²) in [5.41, 5.74) is 0.639. The fourth-order valence-electron chi connectivity index (χ4n) is 2.28. The molecule has 136 valence electrons. The molecule has 0 unspecified atom stereocenters. The van der Waals surface area contributed by atoms with Gasteiger partial charge in [-0.2, -0.15) is 0 Å². The Hall–Kier alpha value is -2.28. The predicted molar refractivity (Wildman–Crippen MR) is 89.9 cm³/mol. The Bertz CT molecular complexity index is 731. The molecule has 0 aliphatic rings. The largest absolute Gasteiger partial charge is 0.447 e. The topological polar surface area (TPSA) is 49.6 Å². The Labute approximate surface area is 146 Å². The fraction of sp³-hybridized carbons (Fsp3) is 0.444. The first-order valence-electron chi connectivity index (χ1n) is 8.19. The van der Waals surface area contributed by atoms with Crippen LogP contribution in [-0.2, 0) is 13.1 Å². The molecule has 0 spiro atoms. The minimum Gasteiger partial charge on any atom is -0.447 e. The Balaban J connectivity index is 2.12. The summed E-state index contributed by atoms with van der Waals surface area (Å²) in [5, 5.41) is 0. The number of hydrogen-bond donors (Lipinski definition) is 0. The first-order chi connectivity index (χ1) is 11.8. The highest BCUT2D eigenvalue weighted by Crippen LogP contribution is 2.17. The monoisotopic (exact) mass is 351 g/mol. The number of halogens is 2. The molecule has 0 fully saturated rings. The molecule has 1 aromatic carbocycles. The number of rotatable bonds is 7. The lowest BCUT2D eigenvalue weighted by atomic mass is 10.1. The molecule has 0 bridgehead atoms. The zero-order valence-electron chi connectivity index (χ0n) is 14.9. The lowest BCUT2D eigenvalue weighted by Crippen LogP contribution is -2.30. The minimum atomic E-state index is -0.603. The van der Waals surface area contributed by atoms with Gasteiger partial charge < -0.3 is 9.32 Å². The molecular formula is C18H23F2N3O2. The second-order valence-corrected chi connectivity index (χ2v) is 6.18. The number of carbonyl (C=O) groups is 1. The van der Waals surface area contributed by atoms with Crippen molar-refractivity contribution in [2.75, 3.05) is 13.6 Å². The van der Waals surface area contributed by atoms with Gasteiger partial charge in [-0.3, -0.25) is 9.69 Å². The van der Waals surface area contributed by atoms with Gasteiger partial charge in [-0.1, -0.05) is 6.07 Å². The number of amides is 1. The highest BCUT2D eigenvalue weighted by molar-refractivity contribution is 5.91. The molecule has 0 saturated heterocycles. The summed E-state index contributed by atoms with van der Waals surface area (Å²) in [5.74, 6) is -1.02. The van der Waals surface area contributed by atoms with E-state index in [0.29, 0.717) is 24.5 Å². The summed E-state index contributed by atoms with van der Waals surface area (Å²) in [4.78, 5) is 19.8. The molecule has 1 aromatic heterocycles. The van der Waals surface area contributed by atoms with Crippen LogP contribution in [0.2, 0.25) is 0 Å². The van der Waals surface area contributed by atoms with Crippen molar-refractivity contribution in [2.24, 2.45) is 0 Å². The first-order valence-corrected chi connectivity index (χ1v) is 8.19. The second kappa shape index (κ2) is 8.20.